The monoisotopic (exact) mass is 416 g/mol. The normalized spacial score (nSPS) is 14.9. The lowest BCUT2D eigenvalue weighted by Gasteiger charge is -2.28. The largest absolute Gasteiger partial charge is 0.463 e. The van der Waals surface area contributed by atoms with Gasteiger partial charge in [0.2, 0.25) is 5.95 Å². The first-order valence-corrected chi connectivity index (χ1v) is 10.2. The molecule has 10 heteroatoms. The molecule has 1 saturated heterocycles. The van der Waals surface area contributed by atoms with Crippen LogP contribution in [0.1, 0.15) is 27.2 Å². The predicted molar refractivity (Wildman–Crippen MR) is 113 cm³/mol. The van der Waals surface area contributed by atoms with Crippen LogP contribution in [0, 0.1) is 11.8 Å². The van der Waals surface area contributed by atoms with Gasteiger partial charge in [-0.2, -0.15) is 9.97 Å². The molecule has 1 atom stereocenters. The van der Waals surface area contributed by atoms with Gasteiger partial charge in [-0.25, -0.2) is 4.79 Å². The smallest absolute Gasteiger partial charge is 0.347 e. The second-order valence-corrected chi connectivity index (χ2v) is 6.86. The third kappa shape index (κ3) is 4.26. The fraction of sp³-hybridized carbons (Fsp3) is 0.600. The van der Waals surface area contributed by atoms with Gasteiger partial charge in [-0.3, -0.25) is 13.9 Å². The van der Waals surface area contributed by atoms with Crippen LogP contribution in [0.4, 0.5) is 5.95 Å². The summed E-state index contributed by atoms with van der Waals surface area (Å²) < 4.78 is 13.9. The number of rotatable bonds is 7. The molecule has 30 heavy (non-hydrogen) atoms. The lowest BCUT2D eigenvalue weighted by atomic mass is 10.3. The van der Waals surface area contributed by atoms with Crippen molar-refractivity contribution in [2.45, 2.75) is 39.8 Å². The van der Waals surface area contributed by atoms with Gasteiger partial charge in [0.25, 0.3) is 5.56 Å². The molecule has 10 nitrogen and oxygen atoms in total. The molecule has 2 aromatic rings. The molecule has 0 radical (unpaired) electrons. The van der Waals surface area contributed by atoms with Crippen molar-refractivity contribution in [3.63, 3.8) is 0 Å². The molecule has 3 rings (SSSR count). The van der Waals surface area contributed by atoms with E-state index in [2.05, 4.69) is 32.0 Å². The standard InChI is InChI=1S/C20H28N6O4/c1-5-8-11-26-15-16(22-19(26)25-12-9-21-10-13-25)23-20(24(4)17(15)27)30-14(6-2)18(28)29-7-3/h14,21H,6-7,9-13H2,1-4H3. The highest BCUT2D eigenvalue weighted by Crippen LogP contribution is 2.22. The first-order valence-electron chi connectivity index (χ1n) is 10.2. The van der Waals surface area contributed by atoms with Crippen molar-refractivity contribution in [1.82, 2.24) is 24.4 Å². The zero-order chi connectivity index (χ0) is 21.7. The Balaban J connectivity index is 2.08. The number of esters is 1. The number of carbonyl (C=O) groups excluding carboxylic acids is 1. The maximum atomic E-state index is 13.2. The number of carbonyl (C=O) groups is 1. The summed E-state index contributed by atoms with van der Waals surface area (Å²) in [6.07, 6.45) is -0.458. The summed E-state index contributed by atoms with van der Waals surface area (Å²) in [5.74, 6) is 6.06. The average molecular weight is 416 g/mol. The summed E-state index contributed by atoms with van der Waals surface area (Å²) >= 11 is 0. The Morgan fingerprint density at radius 2 is 2.00 bits per heavy atom. The van der Waals surface area contributed by atoms with Gasteiger partial charge in [-0.05, 0) is 20.3 Å². The summed E-state index contributed by atoms with van der Waals surface area (Å²) in [6, 6.07) is 0.0329. The summed E-state index contributed by atoms with van der Waals surface area (Å²) in [6.45, 7) is 9.09. The molecular formula is C20H28N6O4. The molecule has 0 saturated carbocycles. The average Bonchev–Trinajstić information content (AvgIpc) is 3.12. The minimum atomic E-state index is -0.846. The van der Waals surface area contributed by atoms with E-state index in [1.54, 1.807) is 32.4 Å². The van der Waals surface area contributed by atoms with E-state index >= 15 is 0 Å². The maximum Gasteiger partial charge on any atom is 0.347 e. The first-order chi connectivity index (χ1) is 14.5. The van der Waals surface area contributed by atoms with E-state index in [0.717, 1.165) is 26.2 Å². The predicted octanol–water partition coefficient (Wildman–Crippen LogP) is 0.283. The highest BCUT2D eigenvalue weighted by atomic mass is 16.6. The van der Waals surface area contributed by atoms with Gasteiger partial charge in [0.05, 0.1) is 13.2 Å². The molecule has 2 aromatic heterocycles. The molecule has 1 aliphatic rings. The van der Waals surface area contributed by atoms with E-state index in [1.807, 2.05) is 0 Å². The van der Waals surface area contributed by atoms with Crippen molar-refractivity contribution in [3.05, 3.63) is 10.4 Å². The molecule has 0 bridgehead atoms. The lowest BCUT2D eigenvalue weighted by molar-refractivity contribution is -0.151. The van der Waals surface area contributed by atoms with Crippen molar-refractivity contribution >= 4 is 23.1 Å². The van der Waals surface area contributed by atoms with Crippen LogP contribution in [0.2, 0.25) is 0 Å². The molecule has 162 valence electrons. The number of nitrogens with zero attached hydrogens (tertiary/aromatic N) is 5. The zero-order valence-corrected chi connectivity index (χ0v) is 17.9. The Hall–Kier alpha value is -3.06. The third-order valence-electron chi connectivity index (χ3n) is 4.91. The fourth-order valence-electron chi connectivity index (χ4n) is 3.31. The van der Waals surface area contributed by atoms with E-state index in [0.29, 0.717) is 24.4 Å². The van der Waals surface area contributed by atoms with Crippen LogP contribution in [0.3, 0.4) is 0 Å². The van der Waals surface area contributed by atoms with Crippen molar-refractivity contribution in [1.29, 1.82) is 0 Å². The van der Waals surface area contributed by atoms with Crippen LogP contribution in [-0.2, 0) is 23.1 Å². The number of nitrogens with one attached hydrogen (secondary N) is 1. The van der Waals surface area contributed by atoms with Gasteiger partial charge in [0.15, 0.2) is 17.3 Å². The molecule has 0 aromatic carbocycles. The number of aromatic nitrogens is 4. The number of ether oxygens (including phenoxy) is 2. The number of piperazine rings is 1. The van der Waals surface area contributed by atoms with Crippen molar-refractivity contribution in [2.75, 3.05) is 37.7 Å². The fourth-order valence-corrected chi connectivity index (χ4v) is 3.31. The molecule has 3 heterocycles. The van der Waals surface area contributed by atoms with Gasteiger partial charge < -0.3 is 19.7 Å². The van der Waals surface area contributed by atoms with Crippen molar-refractivity contribution in [3.8, 4) is 17.9 Å². The van der Waals surface area contributed by atoms with Gasteiger partial charge in [-0.1, -0.05) is 12.8 Å². The highest BCUT2D eigenvalue weighted by Gasteiger charge is 2.26. The van der Waals surface area contributed by atoms with E-state index in [9.17, 15) is 9.59 Å². The van der Waals surface area contributed by atoms with E-state index in [-0.39, 0.29) is 23.8 Å². The zero-order valence-electron chi connectivity index (χ0n) is 17.9. The highest BCUT2D eigenvalue weighted by molar-refractivity contribution is 5.76. The second-order valence-electron chi connectivity index (χ2n) is 6.86. The molecule has 1 aliphatic heterocycles. The van der Waals surface area contributed by atoms with E-state index < -0.39 is 12.1 Å². The summed E-state index contributed by atoms with van der Waals surface area (Å²) in [5, 5.41) is 3.31. The molecular weight excluding hydrogens is 388 g/mol. The third-order valence-corrected chi connectivity index (χ3v) is 4.91. The Labute approximate surface area is 175 Å². The lowest BCUT2D eigenvalue weighted by Crippen LogP contribution is -2.44. The number of hydrogen-bond acceptors (Lipinski definition) is 8. The summed E-state index contributed by atoms with van der Waals surface area (Å²) in [5.41, 5.74) is 0.337. The van der Waals surface area contributed by atoms with Crippen LogP contribution >= 0.6 is 0 Å². The van der Waals surface area contributed by atoms with Crippen LogP contribution in [-0.4, -0.2) is 64.0 Å². The SMILES string of the molecule is CC#CCn1c(N2CCNCC2)nc2nc(OC(CC)C(=O)OCC)n(C)c(=O)c21. The topological polar surface area (TPSA) is 104 Å². The second kappa shape index (κ2) is 9.63. The minimum absolute atomic E-state index is 0.0329. The number of anilines is 1. The Bertz CT molecular complexity index is 1030. The Kier molecular flexibility index (Phi) is 6.95. The van der Waals surface area contributed by atoms with Gasteiger partial charge in [-0.15, -0.1) is 5.92 Å². The number of imidazole rings is 1. The van der Waals surface area contributed by atoms with Gasteiger partial charge in [0.1, 0.15) is 0 Å². The van der Waals surface area contributed by atoms with Gasteiger partial charge >= 0.3 is 12.0 Å². The van der Waals surface area contributed by atoms with E-state index in [1.165, 1.54) is 4.57 Å². The molecule has 1 N–H and O–H groups in total. The molecule has 1 unspecified atom stereocenters. The first kappa shape index (κ1) is 21.6. The quantitative estimate of drug-likeness (QED) is 0.507. The molecule has 0 aliphatic carbocycles. The minimum Gasteiger partial charge on any atom is -0.463 e. The Morgan fingerprint density at radius 3 is 2.63 bits per heavy atom. The molecule has 1 fully saturated rings. The van der Waals surface area contributed by atoms with Gasteiger partial charge in [0, 0.05) is 33.2 Å². The van der Waals surface area contributed by atoms with E-state index in [4.69, 9.17) is 9.47 Å². The van der Waals surface area contributed by atoms with Crippen LogP contribution in [0.25, 0.3) is 11.2 Å². The number of fused-ring (bicyclic) bond motifs is 1. The Morgan fingerprint density at radius 1 is 1.27 bits per heavy atom. The summed E-state index contributed by atoms with van der Waals surface area (Å²) in [7, 11) is 1.56. The van der Waals surface area contributed by atoms with Crippen molar-refractivity contribution < 1.29 is 14.3 Å². The van der Waals surface area contributed by atoms with Crippen LogP contribution < -0.4 is 20.5 Å². The molecule has 0 spiro atoms. The molecule has 0 amide bonds. The number of hydrogen-bond donors (Lipinski definition) is 1. The maximum absolute atomic E-state index is 13.2. The van der Waals surface area contributed by atoms with Crippen molar-refractivity contribution in [2.24, 2.45) is 7.05 Å². The van der Waals surface area contributed by atoms with Crippen LogP contribution in [0.5, 0.6) is 6.01 Å². The van der Waals surface area contributed by atoms with Crippen LogP contribution in [0.15, 0.2) is 4.79 Å². The summed E-state index contributed by atoms with van der Waals surface area (Å²) in [4.78, 5) is 36.5.